The third-order valence-electron chi connectivity index (χ3n) is 2.54. The highest BCUT2D eigenvalue weighted by atomic mass is 19.1. The molecule has 0 bridgehead atoms. The lowest BCUT2D eigenvalue weighted by Crippen LogP contribution is -2.22. The Labute approximate surface area is 95.4 Å². The second-order valence-electron chi connectivity index (χ2n) is 3.81. The molecule has 1 aromatic carbocycles. The smallest absolute Gasteiger partial charge is 0.165 e. The summed E-state index contributed by atoms with van der Waals surface area (Å²) >= 11 is 0. The predicted molar refractivity (Wildman–Crippen MR) is 60.9 cm³/mol. The van der Waals surface area contributed by atoms with Crippen LogP contribution in [0.1, 0.15) is 25.0 Å². The summed E-state index contributed by atoms with van der Waals surface area (Å²) in [7, 11) is 0. The van der Waals surface area contributed by atoms with Crippen molar-refractivity contribution in [2.24, 2.45) is 0 Å². The number of rotatable bonds is 5. The average Bonchev–Trinajstić information content (AvgIpc) is 2.22. The van der Waals surface area contributed by atoms with Crippen molar-refractivity contribution in [1.29, 1.82) is 0 Å². The second kappa shape index (κ2) is 5.75. The molecule has 1 aromatic rings. The van der Waals surface area contributed by atoms with Gasteiger partial charge in [-0.1, -0.05) is 6.07 Å². The van der Waals surface area contributed by atoms with E-state index < -0.39 is 6.10 Å². The van der Waals surface area contributed by atoms with Crippen LogP contribution in [0.3, 0.4) is 0 Å². The van der Waals surface area contributed by atoms with E-state index in [0.717, 1.165) is 11.1 Å². The maximum Gasteiger partial charge on any atom is 0.165 e. The molecule has 0 fully saturated rings. The number of ketones is 1. The molecule has 0 radical (unpaired) electrons. The van der Waals surface area contributed by atoms with Crippen molar-refractivity contribution in [3.05, 3.63) is 35.1 Å². The average molecular weight is 224 g/mol. The molecule has 1 rings (SSSR count). The Balaban J connectivity index is 2.69. The zero-order chi connectivity index (χ0) is 12.1. The maximum atomic E-state index is 12.9. The number of carbonyl (C=O) groups is 1. The lowest BCUT2D eigenvalue weighted by molar-refractivity contribution is -0.128. The van der Waals surface area contributed by atoms with Crippen LogP contribution in [0.25, 0.3) is 0 Å². The minimum Gasteiger partial charge on any atom is -0.371 e. The Morgan fingerprint density at radius 2 is 2.19 bits per heavy atom. The van der Waals surface area contributed by atoms with E-state index in [2.05, 4.69) is 0 Å². The van der Waals surface area contributed by atoms with E-state index in [-0.39, 0.29) is 11.6 Å². The zero-order valence-corrected chi connectivity index (χ0v) is 9.92. The number of Topliss-reactive ketones (excluding diaryl/α,β-unsaturated/α-hetero) is 1. The number of ether oxygens (including phenoxy) is 1. The molecule has 16 heavy (non-hydrogen) atoms. The molecule has 0 aliphatic heterocycles. The Kier molecular flexibility index (Phi) is 4.62. The highest BCUT2D eigenvalue weighted by Crippen LogP contribution is 2.12. The Morgan fingerprint density at radius 1 is 1.50 bits per heavy atom. The van der Waals surface area contributed by atoms with E-state index in [0.29, 0.717) is 13.0 Å². The van der Waals surface area contributed by atoms with Gasteiger partial charge in [-0.2, -0.15) is 0 Å². The summed E-state index contributed by atoms with van der Waals surface area (Å²) in [5.41, 5.74) is 1.66. The summed E-state index contributed by atoms with van der Waals surface area (Å²) in [5.74, 6) is -0.247. The molecule has 0 aliphatic carbocycles. The van der Waals surface area contributed by atoms with Gasteiger partial charge in [-0.3, -0.25) is 4.79 Å². The van der Waals surface area contributed by atoms with Gasteiger partial charge < -0.3 is 4.74 Å². The molecule has 0 heterocycles. The predicted octanol–water partition coefficient (Wildman–Crippen LogP) is 2.67. The highest BCUT2D eigenvalue weighted by molar-refractivity contribution is 5.85. The van der Waals surface area contributed by atoms with Crippen molar-refractivity contribution in [2.45, 2.75) is 33.3 Å². The molecule has 0 aromatic heterocycles. The minimum atomic E-state index is -0.394. The molecule has 0 aliphatic rings. The quantitative estimate of drug-likeness (QED) is 0.768. The van der Waals surface area contributed by atoms with Crippen molar-refractivity contribution in [2.75, 3.05) is 6.61 Å². The molecular formula is C13H17FO2. The first kappa shape index (κ1) is 12.8. The molecule has 0 spiro atoms. The summed E-state index contributed by atoms with van der Waals surface area (Å²) in [5, 5.41) is 0. The number of benzene rings is 1. The van der Waals surface area contributed by atoms with E-state index >= 15 is 0 Å². The van der Waals surface area contributed by atoms with Gasteiger partial charge in [0, 0.05) is 13.0 Å². The van der Waals surface area contributed by atoms with Gasteiger partial charge in [0.05, 0.1) is 0 Å². The van der Waals surface area contributed by atoms with Gasteiger partial charge in [0.2, 0.25) is 0 Å². The van der Waals surface area contributed by atoms with E-state index in [1.807, 2.05) is 6.92 Å². The van der Waals surface area contributed by atoms with Gasteiger partial charge in [0.25, 0.3) is 0 Å². The maximum absolute atomic E-state index is 12.9. The van der Waals surface area contributed by atoms with Crippen LogP contribution in [-0.2, 0) is 16.0 Å². The van der Waals surface area contributed by atoms with Gasteiger partial charge in [0.1, 0.15) is 11.9 Å². The molecule has 88 valence electrons. The number of carbonyl (C=O) groups excluding carboxylic acids is 1. The lowest BCUT2D eigenvalue weighted by Gasteiger charge is -2.11. The van der Waals surface area contributed by atoms with Gasteiger partial charge in [0.15, 0.2) is 5.78 Å². The molecule has 3 heteroatoms. The van der Waals surface area contributed by atoms with Crippen molar-refractivity contribution in [1.82, 2.24) is 0 Å². The fourth-order valence-corrected chi connectivity index (χ4v) is 1.53. The summed E-state index contributed by atoms with van der Waals surface area (Å²) < 4.78 is 18.1. The van der Waals surface area contributed by atoms with Crippen LogP contribution >= 0.6 is 0 Å². The van der Waals surface area contributed by atoms with Crippen LogP contribution in [0.2, 0.25) is 0 Å². The summed E-state index contributed by atoms with van der Waals surface area (Å²) in [6.07, 6.45) is -0.0951. The van der Waals surface area contributed by atoms with Gasteiger partial charge in [-0.15, -0.1) is 0 Å². The van der Waals surface area contributed by atoms with E-state index in [9.17, 15) is 9.18 Å². The number of halogens is 1. The van der Waals surface area contributed by atoms with Gasteiger partial charge >= 0.3 is 0 Å². The molecule has 2 nitrogen and oxygen atoms in total. The third kappa shape index (κ3) is 3.42. The standard InChI is InChI=1S/C13H17FO2/c1-4-16-10(3)13(15)8-11-5-6-12(14)7-9(11)2/h5-7,10H,4,8H2,1-3H3. The number of aryl methyl sites for hydroxylation is 1. The fraction of sp³-hybridized carbons (Fsp3) is 0.462. The largest absolute Gasteiger partial charge is 0.371 e. The highest BCUT2D eigenvalue weighted by Gasteiger charge is 2.14. The molecular weight excluding hydrogens is 207 g/mol. The van der Waals surface area contributed by atoms with E-state index in [1.54, 1.807) is 19.9 Å². The first-order chi connectivity index (χ1) is 7.54. The zero-order valence-electron chi connectivity index (χ0n) is 9.92. The molecule has 0 N–H and O–H groups in total. The normalized spacial score (nSPS) is 12.5. The monoisotopic (exact) mass is 224 g/mol. The molecule has 1 atom stereocenters. The summed E-state index contributed by atoms with van der Waals surface area (Å²) in [4.78, 5) is 11.7. The fourth-order valence-electron chi connectivity index (χ4n) is 1.53. The van der Waals surface area contributed by atoms with Crippen LogP contribution in [0, 0.1) is 12.7 Å². The first-order valence-corrected chi connectivity index (χ1v) is 5.44. The molecule has 0 saturated carbocycles. The molecule has 1 unspecified atom stereocenters. The van der Waals surface area contributed by atoms with Crippen LogP contribution in [0.5, 0.6) is 0 Å². The minimum absolute atomic E-state index is 0.0246. The van der Waals surface area contributed by atoms with Crippen molar-refractivity contribution >= 4 is 5.78 Å². The summed E-state index contributed by atoms with van der Waals surface area (Å²) in [6.45, 7) is 5.92. The Morgan fingerprint density at radius 3 is 2.75 bits per heavy atom. The molecule has 0 saturated heterocycles. The SMILES string of the molecule is CCOC(C)C(=O)Cc1ccc(F)cc1C. The van der Waals surface area contributed by atoms with Gasteiger partial charge in [-0.25, -0.2) is 4.39 Å². The topological polar surface area (TPSA) is 26.3 Å². The van der Waals surface area contributed by atoms with Crippen molar-refractivity contribution in [3.63, 3.8) is 0 Å². The first-order valence-electron chi connectivity index (χ1n) is 5.44. The lowest BCUT2D eigenvalue weighted by atomic mass is 10.0. The third-order valence-corrected chi connectivity index (χ3v) is 2.54. The van der Waals surface area contributed by atoms with E-state index in [1.165, 1.54) is 12.1 Å². The number of hydrogen-bond acceptors (Lipinski definition) is 2. The van der Waals surface area contributed by atoms with Crippen molar-refractivity contribution in [3.8, 4) is 0 Å². The van der Waals surface area contributed by atoms with Gasteiger partial charge in [-0.05, 0) is 44.0 Å². The molecule has 0 amide bonds. The Hall–Kier alpha value is -1.22. The van der Waals surface area contributed by atoms with Crippen molar-refractivity contribution < 1.29 is 13.9 Å². The van der Waals surface area contributed by atoms with Crippen LogP contribution in [-0.4, -0.2) is 18.5 Å². The number of hydrogen-bond donors (Lipinski definition) is 0. The van der Waals surface area contributed by atoms with Crippen LogP contribution < -0.4 is 0 Å². The second-order valence-corrected chi connectivity index (χ2v) is 3.81. The van der Waals surface area contributed by atoms with Crippen LogP contribution in [0.15, 0.2) is 18.2 Å². The van der Waals surface area contributed by atoms with Crippen LogP contribution in [0.4, 0.5) is 4.39 Å². The Bertz CT molecular complexity index is 374. The van der Waals surface area contributed by atoms with E-state index in [4.69, 9.17) is 4.74 Å². The summed E-state index contributed by atoms with van der Waals surface area (Å²) in [6, 6.07) is 4.47.